The molecule has 0 aliphatic heterocycles. The van der Waals surface area contributed by atoms with Crippen molar-refractivity contribution in [3.05, 3.63) is 94.2 Å². The molecule has 3 heterocycles. The molecule has 1 amide bonds. The number of amides is 1. The average molecular weight is 486 g/mol. The quantitative estimate of drug-likeness (QED) is 0.328. The molecule has 0 saturated heterocycles. The van der Waals surface area contributed by atoms with Gasteiger partial charge in [-0.15, -0.1) is 0 Å². The number of pyridine rings is 2. The minimum absolute atomic E-state index is 0.171. The van der Waals surface area contributed by atoms with Crippen LogP contribution in [0.2, 0.25) is 0 Å². The number of nitrogens with zero attached hydrogens (tertiary/aromatic N) is 2. The third kappa shape index (κ3) is 3.88. The lowest BCUT2D eigenvalue weighted by Crippen LogP contribution is -2.23. The topological polar surface area (TPSA) is 96.7 Å². The maximum Gasteiger partial charge on any atom is 0.252 e. The predicted octanol–water partition coefficient (Wildman–Crippen LogP) is 4.93. The van der Waals surface area contributed by atoms with Crippen molar-refractivity contribution in [1.82, 2.24) is 20.3 Å². The molecular weight excluding hydrogens is 466 g/mol. The van der Waals surface area contributed by atoms with Gasteiger partial charge in [0.2, 0.25) is 0 Å². The maximum atomic E-state index is 13.2. The van der Waals surface area contributed by atoms with Crippen LogP contribution in [0, 0.1) is 0 Å². The Balaban J connectivity index is 1.53. The molecule has 0 saturated carbocycles. The monoisotopic (exact) mass is 485 g/mol. The average Bonchev–Trinajstić information content (AvgIpc) is 3.25. The van der Waals surface area contributed by atoms with Crippen LogP contribution in [0.4, 0.5) is 0 Å². The molecule has 0 fully saturated rings. The molecule has 2 aromatic carbocycles. The van der Waals surface area contributed by atoms with Gasteiger partial charge in [-0.05, 0) is 47.5 Å². The summed E-state index contributed by atoms with van der Waals surface area (Å²) in [6.45, 7) is 0.916. The normalized spacial score (nSPS) is 11.2. The van der Waals surface area contributed by atoms with Crippen LogP contribution in [0.5, 0.6) is 0 Å². The SMILES string of the molecule is NCc1ccc(CNC(=O)c2cc(-c3c[nH]c4ccc(Br)cc34)nc3ncccc23)cc1. The second-order valence-corrected chi connectivity index (χ2v) is 8.44. The first-order valence-corrected chi connectivity index (χ1v) is 11.0. The lowest BCUT2D eigenvalue weighted by atomic mass is 10.0. The highest BCUT2D eigenvalue weighted by atomic mass is 79.9. The predicted molar refractivity (Wildman–Crippen MR) is 130 cm³/mol. The first-order valence-electron chi connectivity index (χ1n) is 10.2. The Bertz CT molecular complexity index is 1440. The van der Waals surface area contributed by atoms with Crippen LogP contribution in [-0.2, 0) is 13.1 Å². The first kappa shape index (κ1) is 20.4. The van der Waals surface area contributed by atoms with Crippen LogP contribution in [0.1, 0.15) is 21.5 Å². The maximum absolute atomic E-state index is 13.2. The van der Waals surface area contributed by atoms with Gasteiger partial charge in [0.25, 0.3) is 5.91 Å². The summed E-state index contributed by atoms with van der Waals surface area (Å²) in [6, 6.07) is 19.4. The van der Waals surface area contributed by atoms with Crippen molar-refractivity contribution >= 4 is 43.8 Å². The lowest BCUT2D eigenvalue weighted by molar-refractivity contribution is 0.0952. The first-order chi connectivity index (χ1) is 15.6. The zero-order valence-corrected chi connectivity index (χ0v) is 18.7. The van der Waals surface area contributed by atoms with Crippen LogP contribution >= 0.6 is 15.9 Å². The fourth-order valence-corrected chi connectivity index (χ4v) is 4.12. The van der Waals surface area contributed by atoms with Crippen molar-refractivity contribution in [2.75, 3.05) is 0 Å². The highest BCUT2D eigenvalue weighted by Gasteiger charge is 2.16. The highest BCUT2D eigenvalue weighted by molar-refractivity contribution is 9.10. The fourth-order valence-electron chi connectivity index (χ4n) is 3.76. The molecule has 3 aromatic heterocycles. The van der Waals surface area contributed by atoms with Crippen LogP contribution in [-0.4, -0.2) is 20.9 Å². The molecule has 32 heavy (non-hydrogen) atoms. The number of hydrogen-bond donors (Lipinski definition) is 3. The second-order valence-electron chi connectivity index (χ2n) is 7.53. The van der Waals surface area contributed by atoms with Crippen LogP contribution in [0.15, 0.2) is 77.5 Å². The number of benzene rings is 2. The van der Waals surface area contributed by atoms with Crippen LogP contribution < -0.4 is 11.1 Å². The minimum atomic E-state index is -0.171. The molecule has 0 aliphatic carbocycles. The molecule has 6 nitrogen and oxygen atoms in total. The van der Waals surface area contributed by atoms with Gasteiger partial charge >= 0.3 is 0 Å². The molecule has 5 rings (SSSR count). The van der Waals surface area contributed by atoms with Crippen molar-refractivity contribution in [2.45, 2.75) is 13.1 Å². The molecule has 4 N–H and O–H groups in total. The van der Waals surface area contributed by atoms with Gasteiger partial charge in [-0.1, -0.05) is 40.2 Å². The second kappa shape index (κ2) is 8.53. The van der Waals surface area contributed by atoms with Crippen molar-refractivity contribution in [3.63, 3.8) is 0 Å². The van der Waals surface area contributed by atoms with E-state index in [-0.39, 0.29) is 5.91 Å². The summed E-state index contributed by atoms with van der Waals surface area (Å²) in [4.78, 5) is 25.6. The standard InChI is InChI=1S/C25H20BrN5O/c26-17-7-8-22-19(10-17)21(14-29-22)23-11-20(18-2-1-9-28-24(18)31-23)25(32)30-13-16-5-3-15(12-27)4-6-16/h1-11,14,29H,12-13,27H2,(H,30,32). The number of carbonyl (C=O) groups is 1. The van der Waals surface area contributed by atoms with Gasteiger partial charge in [0.15, 0.2) is 5.65 Å². The molecule has 0 aliphatic rings. The summed E-state index contributed by atoms with van der Waals surface area (Å²) < 4.78 is 0.975. The number of fused-ring (bicyclic) bond motifs is 2. The van der Waals surface area contributed by atoms with Gasteiger partial charge in [-0.25, -0.2) is 9.97 Å². The fraction of sp³-hybridized carbons (Fsp3) is 0.0800. The largest absolute Gasteiger partial charge is 0.360 e. The number of carbonyl (C=O) groups excluding carboxylic acids is 1. The Kier molecular flexibility index (Phi) is 5.43. The van der Waals surface area contributed by atoms with Crippen molar-refractivity contribution < 1.29 is 4.79 Å². The smallest absolute Gasteiger partial charge is 0.252 e. The van der Waals surface area contributed by atoms with Gasteiger partial charge in [0.1, 0.15) is 0 Å². The molecule has 7 heteroatoms. The molecule has 0 radical (unpaired) electrons. The minimum Gasteiger partial charge on any atom is -0.360 e. The number of aromatic amines is 1. The molecule has 0 unspecified atom stereocenters. The van der Waals surface area contributed by atoms with Crippen molar-refractivity contribution in [1.29, 1.82) is 0 Å². The molecule has 0 spiro atoms. The third-order valence-electron chi connectivity index (χ3n) is 5.46. The van der Waals surface area contributed by atoms with Gasteiger partial charge < -0.3 is 16.0 Å². The van der Waals surface area contributed by atoms with E-state index in [9.17, 15) is 4.79 Å². The number of rotatable bonds is 5. The zero-order chi connectivity index (χ0) is 22.1. The molecule has 0 atom stereocenters. The number of nitrogens with one attached hydrogen (secondary N) is 2. The zero-order valence-electron chi connectivity index (χ0n) is 17.1. The van der Waals surface area contributed by atoms with E-state index in [4.69, 9.17) is 10.7 Å². The number of hydrogen-bond acceptors (Lipinski definition) is 4. The van der Waals surface area contributed by atoms with E-state index in [1.165, 1.54) is 0 Å². The Labute approximate surface area is 193 Å². The van der Waals surface area contributed by atoms with Gasteiger partial charge in [-0.3, -0.25) is 4.79 Å². The summed E-state index contributed by atoms with van der Waals surface area (Å²) in [5, 5.41) is 4.76. The Morgan fingerprint density at radius 1 is 1.03 bits per heavy atom. The van der Waals surface area contributed by atoms with E-state index in [2.05, 4.69) is 31.2 Å². The summed E-state index contributed by atoms with van der Waals surface area (Å²) in [5.41, 5.74) is 11.4. The summed E-state index contributed by atoms with van der Waals surface area (Å²) in [7, 11) is 0. The van der Waals surface area contributed by atoms with Crippen LogP contribution in [0.25, 0.3) is 33.2 Å². The third-order valence-corrected chi connectivity index (χ3v) is 5.95. The van der Waals surface area contributed by atoms with Gasteiger partial charge in [0, 0.05) is 51.8 Å². The highest BCUT2D eigenvalue weighted by Crippen LogP contribution is 2.31. The molecule has 5 aromatic rings. The number of nitrogens with two attached hydrogens (primary N) is 1. The summed E-state index contributed by atoms with van der Waals surface area (Å²) in [5.74, 6) is -0.171. The Morgan fingerprint density at radius 3 is 2.66 bits per heavy atom. The number of halogens is 1. The Morgan fingerprint density at radius 2 is 1.84 bits per heavy atom. The van der Waals surface area contributed by atoms with Gasteiger partial charge in [-0.2, -0.15) is 0 Å². The molecule has 0 bridgehead atoms. The molecular formula is C25H20BrN5O. The number of H-pyrrole nitrogens is 1. The van der Waals surface area contributed by atoms with Gasteiger partial charge in [0.05, 0.1) is 11.3 Å². The van der Waals surface area contributed by atoms with Crippen LogP contribution in [0.3, 0.4) is 0 Å². The summed E-state index contributed by atoms with van der Waals surface area (Å²) in [6.07, 6.45) is 3.60. The van der Waals surface area contributed by atoms with E-state index >= 15 is 0 Å². The van der Waals surface area contributed by atoms with E-state index in [1.807, 2.05) is 66.9 Å². The van der Waals surface area contributed by atoms with E-state index in [0.717, 1.165) is 32.1 Å². The lowest BCUT2D eigenvalue weighted by Gasteiger charge is -2.10. The van der Waals surface area contributed by atoms with Crippen molar-refractivity contribution in [3.8, 4) is 11.3 Å². The summed E-state index contributed by atoms with van der Waals surface area (Å²) >= 11 is 3.54. The van der Waals surface area contributed by atoms with E-state index in [0.29, 0.717) is 35.4 Å². The van der Waals surface area contributed by atoms with E-state index in [1.54, 1.807) is 6.20 Å². The number of aromatic nitrogens is 3. The van der Waals surface area contributed by atoms with E-state index < -0.39 is 0 Å². The molecule has 158 valence electrons. The Hall–Kier alpha value is -3.55. The van der Waals surface area contributed by atoms with Crippen molar-refractivity contribution in [2.24, 2.45) is 5.73 Å².